The van der Waals surface area contributed by atoms with E-state index in [0.29, 0.717) is 53.1 Å². The first-order valence-corrected chi connectivity index (χ1v) is 10.2. The van der Waals surface area contributed by atoms with Gasteiger partial charge in [-0.25, -0.2) is 4.98 Å². The molecule has 1 heterocycles. The van der Waals surface area contributed by atoms with Crippen LogP contribution in [0.15, 0.2) is 28.2 Å². The predicted molar refractivity (Wildman–Crippen MR) is 111 cm³/mol. The second kappa shape index (κ2) is 10.1. The van der Waals surface area contributed by atoms with Crippen LogP contribution in [0, 0.1) is 5.92 Å². The molecule has 1 amide bonds. The first kappa shape index (κ1) is 21.7. The molecule has 0 aliphatic rings. The monoisotopic (exact) mass is 411 g/mol. The highest BCUT2D eigenvalue weighted by molar-refractivity contribution is 8.00. The highest BCUT2D eigenvalue weighted by Crippen LogP contribution is 2.24. The Hall–Kier alpha value is -1.57. The lowest BCUT2D eigenvalue weighted by Gasteiger charge is -2.17. The Labute approximate surface area is 168 Å². The van der Waals surface area contributed by atoms with Crippen LogP contribution in [0.5, 0.6) is 0 Å². The van der Waals surface area contributed by atoms with E-state index in [4.69, 9.17) is 16.3 Å². The number of methoxy groups -OCH3 is 1. The number of thioether (sulfide) groups is 1. The van der Waals surface area contributed by atoms with Crippen LogP contribution in [0.1, 0.15) is 27.2 Å². The van der Waals surface area contributed by atoms with Gasteiger partial charge in [-0.2, -0.15) is 0 Å². The molecule has 148 valence electrons. The van der Waals surface area contributed by atoms with Gasteiger partial charge in [0.25, 0.3) is 5.56 Å². The van der Waals surface area contributed by atoms with Crippen molar-refractivity contribution in [1.82, 2.24) is 14.9 Å². The number of hydrogen-bond acceptors (Lipinski definition) is 5. The van der Waals surface area contributed by atoms with Gasteiger partial charge in [0.15, 0.2) is 5.16 Å². The molecular formula is C19H26ClN3O3S. The van der Waals surface area contributed by atoms with Crippen molar-refractivity contribution in [3.05, 3.63) is 33.6 Å². The summed E-state index contributed by atoms with van der Waals surface area (Å²) in [4.78, 5) is 29.9. The molecule has 2 aromatic rings. The Bertz CT molecular complexity index is 854. The van der Waals surface area contributed by atoms with Crippen LogP contribution in [0.3, 0.4) is 0 Å². The zero-order chi connectivity index (χ0) is 20.0. The Kier molecular flexibility index (Phi) is 8.13. The maximum atomic E-state index is 12.9. The van der Waals surface area contributed by atoms with Crippen LogP contribution in [-0.4, -0.2) is 41.0 Å². The van der Waals surface area contributed by atoms with Crippen LogP contribution < -0.4 is 10.9 Å². The Morgan fingerprint density at radius 1 is 1.37 bits per heavy atom. The van der Waals surface area contributed by atoms with Crippen LogP contribution >= 0.6 is 23.4 Å². The van der Waals surface area contributed by atoms with E-state index in [1.165, 1.54) is 11.8 Å². The number of hydrogen-bond donors (Lipinski definition) is 1. The molecule has 8 heteroatoms. The van der Waals surface area contributed by atoms with E-state index in [1.54, 1.807) is 29.9 Å². The summed E-state index contributed by atoms with van der Waals surface area (Å²) in [6, 6.07) is 5.04. The SMILES string of the molecule is COCCCn1c(SC(C)C(=O)NCC(C)C)nc2cc(Cl)ccc2c1=O. The molecule has 6 nitrogen and oxygen atoms in total. The third kappa shape index (κ3) is 5.96. The molecule has 1 aromatic carbocycles. The van der Waals surface area contributed by atoms with Gasteiger partial charge in [0.2, 0.25) is 5.91 Å². The second-order valence-electron chi connectivity index (χ2n) is 6.76. The minimum absolute atomic E-state index is 0.0717. The van der Waals surface area contributed by atoms with Crippen molar-refractivity contribution in [3.63, 3.8) is 0 Å². The van der Waals surface area contributed by atoms with Crippen molar-refractivity contribution in [2.45, 2.75) is 44.1 Å². The summed E-state index contributed by atoms with van der Waals surface area (Å²) in [6.45, 7) is 7.53. The predicted octanol–water partition coefficient (Wildman–Crippen LogP) is 3.34. The topological polar surface area (TPSA) is 73.2 Å². The second-order valence-corrected chi connectivity index (χ2v) is 8.50. The van der Waals surface area contributed by atoms with E-state index in [-0.39, 0.29) is 16.7 Å². The highest BCUT2D eigenvalue weighted by Gasteiger charge is 2.19. The number of fused-ring (bicyclic) bond motifs is 1. The molecule has 1 atom stereocenters. The summed E-state index contributed by atoms with van der Waals surface area (Å²) in [7, 11) is 1.63. The summed E-state index contributed by atoms with van der Waals surface area (Å²) < 4.78 is 6.71. The molecule has 0 saturated heterocycles. The van der Waals surface area contributed by atoms with E-state index in [0.717, 1.165) is 0 Å². The number of amides is 1. The average Bonchev–Trinajstić information content (AvgIpc) is 2.61. The lowest BCUT2D eigenvalue weighted by atomic mass is 10.2. The maximum absolute atomic E-state index is 12.9. The van der Waals surface area contributed by atoms with E-state index >= 15 is 0 Å². The summed E-state index contributed by atoms with van der Waals surface area (Å²) >= 11 is 7.34. The Balaban J connectivity index is 2.35. The number of rotatable bonds is 9. The zero-order valence-electron chi connectivity index (χ0n) is 16.1. The number of nitrogens with one attached hydrogen (secondary N) is 1. The quantitative estimate of drug-likeness (QED) is 0.389. The normalized spacial score (nSPS) is 12.5. The van der Waals surface area contributed by atoms with Gasteiger partial charge in [-0.15, -0.1) is 0 Å². The summed E-state index contributed by atoms with van der Waals surface area (Å²) in [5, 5.41) is 4.09. The number of carbonyl (C=O) groups is 1. The molecular weight excluding hydrogens is 386 g/mol. The molecule has 0 aliphatic carbocycles. The Morgan fingerprint density at radius 2 is 2.11 bits per heavy atom. The Morgan fingerprint density at radius 3 is 2.78 bits per heavy atom. The van der Waals surface area contributed by atoms with E-state index in [2.05, 4.69) is 10.3 Å². The molecule has 0 aliphatic heterocycles. The van der Waals surface area contributed by atoms with Gasteiger partial charge in [0.05, 0.1) is 16.2 Å². The largest absolute Gasteiger partial charge is 0.385 e. The molecule has 0 saturated carbocycles. The van der Waals surface area contributed by atoms with Crippen LogP contribution in [0.25, 0.3) is 10.9 Å². The molecule has 0 fully saturated rings. The van der Waals surface area contributed by atoms with E-state index < -0.39 is 0 Å². The molecule has 0 spiro atoms. The molecule has 1 unspecified atom stereocenters. The van der Waals surface area contributed by atoms with Crippen molar-refractivity contribution >= 4 is 40.2 Å². The molecule has 2 rings (SSSR count). The fourth-order valence-electron chi connectivity index (χ4n) is 2.49. The first-order chi connectivity index (χ1) is 12.8. The number of nitrogens with zero attached hydrogens (tertiary/aromatic N) is 2. The maximum Gasteiger partial charge on any atom is 0.262 e. The lowest BCUT2D eigenvalue weighted by Crippen LogP contribution is -2.34. The van der Waals surface area contributed by atoms with Gasteiger partial charge in [-0.3, -0.25) is 14.2 Å². The minimum atomic E-state index is -0.374. The number of halogens is 1. The number of aromatic nitrogens is 2. The van der Waals surface area contributed by atoms with Crippen molar-refractivity contribution in [2.24, 2.45) is 5.92 Å². The van der Waals surface area contributed by atoms with Gasteiger partial charge in [0, 0.05) is 31.8 Å². The average molecular weight is 412 g/mol. The third-order valence-corrected chi connectivity index (χ3v) is 5.27. The summed E-state index contributed by atoms with van der Waals surface area (Å²) in [5.74, 6) is 0.303. The molecule has 1 N–H and O–H groups in total. The van der Waals surface area contributed by atoms with Crippen molar-refractivity contribution in [1.29, 1.82) is 0 Å². The molecule has 0 bridgehead atoms. The van der Waals surface area contributed by atoms with E-state index in [1.807, 2.05) is 20.8 Å². The zero-order valence-corrected chi connectivity index (χ0v) is 17.7. The lowest BCUT2D eigenvalue weighted by molar-refractivity contribution is -0.120. The van der Waals surface area contributed by atoms with Gasteiger partial charge >= 0.3 is 0 Å². The summed E-state index contributed by atoms with van der Waals surface area (Å²) in [6.07, 6.45) is 0.679. The number of ether oxygens (including phenoxy) is 1. The van der Waals surface area contributed by atoms with Crippen LogP contribution in [0.2, 0.25) is 5.02 Å². The fraction of sp³-hybridized carbons (Fsp3) is 0.526. The third-order valence-electron chi connectivity index (χ3n) is 3.95. The van der Waals surface area contributed by atoms with Crippen LogP contribution in [0.4, 0.5) is 0 Å². The molecule has 0 radical (unpaired) electrons. The van der Waals surface area contributed by atoms with E-state index in [9.17, 15) is 9.59 Å². The van der Waals surface area contributed by atoms with Crippen molar-refractivity contribution < 1.29 is 9.53 Å². The van der Waals surface area contributed by atoms with Crippen molar-refractivity contribution in [2.75, 3.05) is 20.3 Å². The minimum Gasteiger partial charge on any atom is -0.385 e. The molecule has 27 heavy (non-hydrogen) atoms. The van der Waals surface area contributed by atoms with Gasteiger partial charge in [-0.1, -0.05) is 37.2 Å². The number of carbonyl (C=O) groups excluding carboxylic acids is 1. The van der Waals surface area contributed by atoms with Gasteiger partial charge in [-0.05, 0) is 37.5 Å². The highest BCUT2D eigenvalue weighted by atomic mass is 35.5. The number of benzene rings is 1. The first-order valence-electron chi connectivity index (χ1n) is 8.97. The van der Waals surface area contributed by atoms with Gasteiger partial charge in [0.1, 0.15) is 0 Å². The fourth-order valence-corrected chi connectivity index (χ4v) is 3.61. The standard InChI is InChI=1S/C19H26ClN3O3S/c1-12(2)11-21-17(24)13(3)27-19-22-16-10-14(20)6-7-15(16)18(25)23(19)8-5-9-26-4/h6-7,10,12-13H,5,8-9,11H2,1-4H3,(H,21,24). The van der Waals surface area contributed by atoms with Crippen LogP contribution in [-0.2, 0) is 16.1 Å². The molecule has 1 aromatic heterocycles. The van der Waals surface area contributed by atoms with Gasteiger partial charge < -0.3 is 10.1 Å². The smallest absolute Gasteiger partial charge is 0.262 e. The summed E-state index contributed by atoms with van der Waals surface area (Å²) in [5.41, 5.74) is 0.401. The van der Waals surface area contributed by atoms with Crippen molar-refractivity contribution in [3.8, 4) is 0 Å².